The smallest absolute Gasteiger partial charge is 0.373 e. The van der Waals surface area contributed by atoms with Crippen molar-refractivity contribution in [2.24, 2.45) is 0 Å². The van der Waals surface area contributed by atoms with Crippen LogP contribution in [-0.2, 0) is 10.5 Å². The van der Waals surface area contributed by atoms with E-state index in [4.69, 9.17) is 9.15 Å². The second-order valence-electron chi connectivity index (χ2n) is 4.70. The SMILES string of the molecule is COC(=O)c1ccc(CSc2nncn2-c2ccccc2OC)o1. The number of carbonyl (C=O) groups is 1. The normalized spacial score (nSPS) is 10.6. The predicted molar refractivity (Wildman–Crippen MR) is 87.5 cm³/mol. The van der Waals surface area contributed by atoms with Crippen molar-refractivity contribution in [1.82, 2.24) is 14.8 Å². The zero-order valence-corrected chi connectivity index (χ0v) is 13.9. The van der Waals surface area contributed by atoms with Gasteiger partial charge < -0.3 is 13.9 Å². The van der Waals surface area contributed by atoms with Crippen molar-refractivity contribution in [3.8, 4) is 11.4 Å². The van der Waals surface area contributed by atoms with E-state index in [9.17, 15) is 4.79 Å². The first kappa shape index (κ1) is 16.1. The molecule has 124 valence electrons. The largest absolute Gasteiger partial charge is 0.495 e. The van der Waals surface area contributed by atoms with Gasteiger partial charge in [-0.2, -0.15) is 0 Å². The highest BCUT2D eigenvalue weighted by atomic mass is 32.2. The van der Waals surface area contributed by atoms with E-state index in [0.717, 1.165) is 11.4 Å². The topological polar surface area (TPSA) is 79.4 Å². The summed E-state index contributed by atoms with van der Waals surface area (Å²) in [5.41, 5.74) is 0.849. The van der Waals surface area contributed by atoms with Gasteiger partial charge in [-0.05, 0) is 24.3 Å². The summed E-state index contributed by atoms with van der Waals surface area (Å²) >= 11 is 1.44. The van der Waals surface area contributed by atoms with E-state index in [1.807, 2.05) is 28.8 Å². The second-order valence-corrected chi connectivity index (χ2v) is 5.64. The van der Waals surface area contributed by atoms with Gasteiger partial charge in [-0.1, -0.05) is 23.9 Å². The molecule has 0 aliphatic rings. The van der Waals surface area contributed by atoms with Gasteiger partial charge in [0, 0.05) is 0 Å². The highest BCUT2D eigenvalue weighted by Gasteiger charge is 2.14. The molecule has 3 aromatic rings. The zero-order valence-electron chi connectivity index (χ0n) is 13.1. The predicted octanol–water partition coefficient (Wildman–Crippen LogP) is 2.95. The summed E-state index contributed by atoms with van der Waals surface area (Å²) in [6.07, 6.45) is 1.63. The van der Waals surface area contributed by atoms with E-state index in [1.165, 1.54) is 18.9 Å². The first-order valence-electron chi connectivity index (χ1n) is 7.06. The third-order valence-electron chi connectivity index (χ3n) is 3.25. The number of furan rings is 1. The number of thioether (sulfide) groups is 1. The third kappa shape index (κ3) is 3.28. The van der Waals surface area contributed by atoms with Crippen molar-refractivity contribution in [1.29, 1.82) is 0 Å². The summed E-state index contributed by atoms with van der Waals surface area (Å²) in [5.74, 6) is 1.56. The third-order valence-corrected chi connectivity index (χ3v) is 4.22. The van der Waals surface area contributed by atoms with Crippen LogP contribution in [0.25, 0.3) is 5.69 Å². The quantitative estimate of drug-likeness (QED) is 0.502. The summed E-state index contributed by atoms with van der Waals surface area (Å²) in [6, 6.07) is 10.9. The molecule has 0 amide bonds. The fourth-order valence-corrected chi connectivity index (χ4v) is 2.93. The van der Waals surface area contributed by atoms with Crippen LogP contribution in [0.5, 0.6) is 5.75 Å². The lowest BCUT2D eigenvalue weighted by atomic mass is 10.3. The molecule has 0 saturated heterocycles. The maximum absolute atomic E-state index is 11.4. The molecule has 0 N–H and O–H groups in total. The van der Waals surface area contributed by atoms with Crippen LogP contribution < -0.4 is 4.74 Å². The molecule has 3 rings (SSSR count). The van der Waals surface area contributed by atoms with Crippen LogP contribution >= 0.6 is 11.8 Å². The van der Waals surface area contributed by atoms with Crippen molar-refractivity contribution < 1.29 is 18.7 Å². The molecular formula is C16H15N3O4S. The minimum Gasteiger partial charge on any atom is -0.495 e. The van der Waals surface area contributed by atoms with Crippen LogP contribution in [0.4, 0.5) is 0 Å². The molecule has 2 aromatic heterocycles. The molecular weight excluding hydrogens is 330 g/mol. The number of aromatic nitrogens is 3. The maximum Gasteiger partial charge on any atom is 0.373 e. The molecule has 7 nitrogen and oxygen atoms in total. The Morgan fingerprint density at radius 2 is 2.08 bits per heavy atom. The lowest BCUT2D eigenvalue weighted by Crippen LogP contribution is -1.99. The summed E-state index contributed by atoms with van der Waals surface area (Å²) in [7, 11) is 2.93. The van der Waals surface area contributed by atoms with Gasteiger partial charge in [0.05, 0.1) is 25.7 Å². The molecule has 0 unspecified atom stereocenters. The van der Waals surface area contributed by atoms with Crippen LogP contribution in [0, 0.1) is 0 Å². The molecule has 8 heteroatoms. The molecule has 0 spiro atoms. The van der Waals surface area contributed by atoms with Gasteiger partial charge in [-0.3, -0.25) is 4.57 Å². The van der Waals surface area contributed by atoms with Gasteiger partial charge in [-0.25, -0.2) is 4.79 Å². The van der Waals surface area contributed by atoms with Crippen LogP contribution in [0.15, 0.2) is 52.3 Å². The molecule has 0 bridgehead atoms. The molecule has 0 fully saturated rings. The van der Waals surface area contributed by atoms with Gasteiger partial charge >= 0.3 is 5.97 Å². The van der Waals surface area contributed by atoms with E-state index in [0.29, 0.717) is 16.7 Å². The lowest BCUT2D eigenvalue weighted by molar-refractivity contribution is 0.0563. The van der Waals surface area contributed by atoms with E-state index in [-0.39, 0.29) is 5.76 Å². The van der Waals surface area contributed by atoms with E-state index < -0.39 is 5.97 Å². The number of hydrogen-bond donors (Lipinski definition) is 0. The highest BCUT2D eigenvalue weighted by molar-refractivity contribution is 7.98. The second kappa shape index (κ2) is 7.22. The average molecular weight is 345 g/mol. The number of hydrogen-bond acceptors (Lipinski definition) is 7. The van der Waals surface area contributed by atoms with Gasteiger partial charge in [0.15, 0.2) is 5.16 Å². The Labute approximate surface area is 142 Å². The van der Waals surface area contributed by atoms with Crippen molar-refractivity contribution >= 4 is 17.7 Å². The van der Waals surface area contributed by atoms with Crippen molar-refractivity contribution in [2.75, 3.05) is 14.2 Å². The summed E-state index contributed by atoms with van der Waals surface area (Å²) in [5, 5.41) is 8.78. The number of para-hydroxylation sites is 2. The number of nitrogens with zero attached hydrogens (tertiary/aromatic N) is 3. The fraction of sp³-hybridized carbons (Fsp3) is 0.188. The van der Waals surface area contributed by atoms with Crippen molar-refractivity contribution in [3.63, 3.8) is 0 Å². The molecule has 0 saturated carbocycles. The Hall–Kier alpha value is -2.74. The average Bonchev–Trinajstić information content (AvgIpc) is 3.28. The zero-order chi connectivity index (χ0) is 16.9. The maximum atomic E-state index is 11.4. The lowest BCUT2D eigenvalue weighted by Gasteiger charge is -2.10. The molecule has 1 aromatic carbocycles. The van der Waals surface area contributed by atoms with Crippen molar-refractivity contribution in [3.05, 3.63) is 54.2 Å². The Morgan fingerprint density at radius 1 is 1.25 bits per heavy atom. The van der Waals surface area contributed by atoms with E-state index >= 15 is 0 Å². The van der Waals surface area contributed by atoms with Gasteiger partial charge in [0.2, 0.25) is 5.76 Å². The number of methoxy groups -OCH3 is 2. The molecule has 0 radical (unpaired) electrons. The van der Waals surface area contributed by atoms with Crippen LogP contribution in [0.1, 0.15) is 16.3 Å². The van der Waals surface area contributed by atoms with Gasteiger partial charge in [0.25, 0.3) is 0 Å². The molecule has 24 heavy (non-hydrogen) atoms. The van der Waals surface area contributed by atoms with Crippen LogP contribution in [-0.4, -0.2) is 35.0 Å². The van der Waals surface area contributed by atoms with E-state index in [2.05, 4.69) is 14.9 Å². The number of carbonyl (C=O) groups excluding carboxylic acids is 1. The monoisotopic (exact) mass is 345 g/mol. The minimum atomic E-state index is -0.497. The minimum absolute atomic E-state index is 0.180. The molecule has 0 aliphatic heterocycles. The Kier molecular flexibility index (Phi) is 4.85. The Morgan fingerprint density at radius 3 is 2.88 bits per heavy atom. The summed E-state index contributed by atoms with van der Waals surface area (Å²) in [4.78, 5) is 11.4. The standard InChI is InChI=1S/C16H15N3O4S/c1-21-13-6-4-3-5-12(13)19-10-17-18-16(19)24-9-11-7-8-14(23-11)15(20)22-2/h3-8,10H,9H2,1-2H3. The Balaban J connectivity index is 1.77. The fourth-order valence-electron chi connectivity index (χ4n) is 2.12. The molecule has 0 atom stereocenters. The molecule has 2 heterocycles. The number of ether oxygens (including phenoxy) is 2. The van der Waals surface area contributed by atoms with Crippen LogP contribution in [0.3, 0.4) is 0 Å². The van der Waals surface area contributed by atoms with Gasteiger partial charge in [-0.15, -0.1) is 10.2 Å². The summed E-state index contributed by atoms with van der Waals surface area (Å²) in [6.45, 7) is 0. The van der Waals surface area contributed by atoms with E-state index in [1.54, 1.807) is 25.6 Å². The number of esters is 1. The summed E-state index contributed by atoms with van der Waals surface area (Å²) < 4.78 is 17.3. The first-order chi connectivity index (χ1) is 11.7. The molecule has 0 aliphatic carbocycles. The number of benzene rings is 1. The van der Waals surface area contributed by atoms with Crippen molar-refractivity contribution in [2.45, 2.75) is 10.9 Å². The number of rotatable bonds is 6. The van der Waals surface area contributed by atoms with Gasteiger partial charge in [0.1, 0.15) is 17.8 Å². The highest BCUT2D eigenvalue weighted by Crippen LogP contribution is 2.28. The first-order valence-corrected chi connectivity index (χ1v) is 8.04. The Bertz CT molecular complexity index is 843. The van der Waals surface area contributed by atoms with Crippen LogP contribution in [0.2, 0.25) is 0 Å².